The largest absolute Gasteiger partial charge is 0.349 e. The zero-order chi connectivity index (χ0) is 15.5. The average molecular weight is 291 g/mol. The topological polar surface area (TPSA) is 20.2 Å². The lowest BCUT2D eigenvalue weighted by atomic mass is 9.80. The maximum Gasteiger partial charge on any atom is 0.0328 e. The fourth-order valence-electron chi connectivity index (χ4n) is 3.96. The van der Waals surface area contributed by atoms with Crippen LogP contribution in [0.5, 0.6) is 0 Å². The van der Waals surface area contributed by atoms with Crippen molar-refractivity contribution in [2.75, 3.05) is 20.6 Å². The predicted molar refractivity (Wildman–Crippen MR) is 90.8 cm³/mol. The van der Waals surface area contributed by atoms with Crippen molar-refractivity contribution in [2.45, 2.75) is 71.5 Å². The molecule has 0 aromatic carbocycles. The Kier molecular flexibility index (Phi) is 5.50. The smallest absolute Gasteiger partial charge is 0.0328 e. The van der Waals surface area contributed by atoms with Gasteiger partial charge < -0.3 is 14.8 Å². The zero-order valence-corrected chi connectivity index (χ0v) is 14.6. The van der Waals surface area contributed by atoms with Crippen LogP contribution < -0.4 is 5.32 Å². The highest BCUT2D eigenvalue weighted by molar-refractivity contribution is 5.26. The quantitative estimate of drug-likeness (QED) is 0.866. The van der Waals surface area contributed by atoms with Crippen molar-refractivity contribution >= 4 is 0 Å². The molecular weight excluding hydrogens is 258 g/mol. The van der Waals surface area contributed by atoms with Gasteiger partial charge in [-0.25, -0.2) is 0 Å². The minimum atomic E-state index is 0.370. The summed E-state index contributed by atoms with van der Waals surface area (Å²) in [6.07, 6.45) is 6.84. The van der Waals surface area contributed by atoms with Gasteiger partial charge in [-0.15, -0.1) is 0 Å². The lowest BCUT2D eigenvalue weighted by Gasteiger charge is -2.43. The van der Waals surface area contributed by atoms with Gasteiger partial charge in [0, 0.05) is 36.6 Å². The van der Waals surface area contributed by atoms with E-state index in [0.29, 0.717) is 5.54 Å². The summed E-state index contributed by atoms with van der Waals surface area (Å²) in [5, 5.41) is 3.74. The van der Waals surface area contributed by atoms with E-state index in [4.69, 9.17) is 0 Å². The monoisotopic (exact) mass is 291 g/mol. The molecule has 120 valence electrons. The van der Waals surface area contributed by atoms with Crippen molar-refractivity contribution in [3.05, 3.63) is 23.0 Å². The number of hydrogen-bond donors (Lipinski definition) is 1. The van der Waals surface area contributed by atoms with Crippen LogP contribution in [0.25, 0.3) is 0 Å². The molecule has 2 rings (SSSR count). The molecule has 0 spiro atoms. The Labute approximate surface area is 130 Å². The summed E-state index contributed by atoms with van der Waals surface area (Å²) in [6.45, 7) is 9.85. The fraction of sp³-hybridized carbons (Fsp3) is 0.778. The molecule has 1 aliphatic rings. The molecule has 1 aliphatic carbocycles. The number of aromatic nitrogens is 1. The van der Waals surface area contributed by atoms with Crippen LogP contribution in [0.4, 0.5) is 0 Å². The standard InChI is InChI=1S/C18H33N3/c1-6-21-15(2)12-17(16(21)3)13-19-14-18(20(4)5)10-8-7-9-11-18/h12,19H,6-11,13-14H2,1-5H3. The molecule has 1 aromatic heterocycles. The van der Waals surface area contributed by atoms with Gasteiger partial charge in [0.2, 0.25) is 0 Å². The minimum Gasteiger partial charge on any atom is -0.349 e. The van der Waals surface area contributed by atoms with Crippen LogP contribution in [0.2, 0.25) is 0 Å². The first kappa shape index (κ1) is 16.6. The molecule has 0 amide bonds. The fourth-order valence-corrected chi connectivity index (χ4v) is 3.96. The van der Waals surface area contributed by atoms with E-state index < -0.39 is 0 Å². The Bertz CT molecular complexity index is 453. The van der Waals surface area contributed by atoms with Crippen molar-refractivity contribution in [2.24, 2.45) is 0 Å². The molecule has 0 aliphatic heterocycles. The third-order valence-corrected chi connectivity index (χ3v) is 5.50. The summed E-state index contributed by atoms with van der Waals surface area (Å²) in [7, 11) is 4.49. The Hall–Kier alpha value is -0.800. The van der Waals surface area contributed by atoms with E-state index in [0.717, 1.165) is 19.6 Å². The first-order valence-corrected chi connectivity index (χ1v) is 8.54. The second-order valence-corrected chi connectivity index (χ2v) is 6.92. The Balaban J connectivity index is 1.96. The summed E-state index contributed by atoms with van der Waals surface area (Å²) in [5.74, 6) is 0. The number of nitrogens with zero attached hydrogens (tertiary/aromatic N) is 2. The van der Waals surface area contributed by atoms with Crippen LogP contribution in [0.15, 0.2) is 6.07 Å². The predicted octanol–water partition coefficient (Wildman–Crippen LogP) is 3.48. The maximum absolute atomic E-state index is 3.74. The van der Waals surface area contributed by atoms with Crippen LogP contribution >= 0.6 is 0 Å². The van der Waals surface area contributed by atoms with E-state index in [2.05, 4.69) is 55.7 Å². The summed E-state index contributed by atoms with van der Waals surface area (Å²) in [6, 6.07) is 2.34. The maximum atomic E-state index is 3.74. The SMILES string of the molecule is CCn1c(C)cc(CNCC2(N(C)C)CCCCC2)c1C. The van der Waals surface area contributed by atoms with Gasteiger partial charge in [0.05, 0.1) is 0 Å². The molecule has 1 aromatic rings. The van der Waals surface area contributed by atoms with E-state index in [1.807, 2.05) is 0 Å². The van der Waals surface area contributed by atoms with E-state index in [9.17, 15) is 0 Å². The van der Waals surface area contributed by atoms with E-state index in [1.165, 1.54) is 49.1 Å². The van der Waals surface area contributed by atoms with Gasteiger partial charge in [-0.1, -0.05) is 19.3 Å². The molecule has 0 saturated heterocycles. The molecule has 1 heterocycles. The Morgan fingerprint density at radius 2 is 1.86 bits per heavy atom. The highest BCUT2D eigenvalue weighted by Gasteiger charge is 2.33. The summed E-state index contributed by atoms with van der Waals surface area (Å²) < 4.78 is 2.40. The molecule has 3 heteroatoms. The van der Waals surface area contributed by atoms with Gasteiger partial charge in [0.15, 0.2) is 0 Å². The van der Waals surface area contributed by atoms with Gasteiger partial charge in [0.1, 0.15) is 0 Å². The number of likely N-dealkylation sites (N-methyl/N-ethyl adjacent to an activating group) is 1. The summed E-state index contributed by atoms with van der Waals surface area (Å²) in [5.41, 5.74) is 4.63. The molecule has 1 fully saturated rings. The molecule has 1 saturated carbocycles. The van der Waals surface area contributed by atoms with Crippen molar-refractivity contribution in [3.8, 4) is 0 Å². The highest BCUT2D eigenvalue weighted by Crippen LogP contribution is 2.31. The molecule has 0 atom stereocenters. The highest BCUT2D eigenvalue weighted by atomic mass is 15.2. The van der Waals surface area contributed by atoms with Crippen molar-refractivity contribution in [3.63, 3.8) is 0 Å². The van der Waals surface area contributed by atoms with Crippen LogP contribution in [0, 0.1) is 13.8 Å². The Morgan fingerprint density at radius 1 is 1.19 bits per heavy atom. The van der Waals surface area contributed by atoms with Crippen LogP contribution in [-0.2, 0) is 13.1 Å². The average Bonchev–Trinajstić information content (AvgIpc) is 2.74. The first-order chi connectivity index (χ1) is 10.00. The van der Waals surface area contributed by atoms with Crippen molar-refractivity contribution < 1.29 is 0 Å². The third-order valence-electron chi connectivity index (χ3n) is 5.50. The molecule has 0 bridgehead atoms. The van der Waals surface area contributed by atoms with Gasteiger partial charge in [-0.05, 0) is 59.3 Å². The number of aryl methyl sites for hydroxylation is 1. The van der Waals surface area contributed by atoms with Gasteiger partial charge >= 0.3 is 0 Å². The molecule has 3 nitrogen and oxygen atoms in total. The first-order valence-electron chi connectivity index (χ1n) is 8.54. The lowest BCUT2D eigenvalue weighted by Crippen LogP contribution is -2.52. The van der Waals surface area contributed by atoms with Crippen molar-refractivity contribution in [1.29, 1.82) is 0 Å². The number of nitrogens with one attached hydrogen (secondary N) is 1. The molecule has 0 unspecified atom stereocenters. The minimum absolute atomic E-state index is 0.370. The molecule has 21 heavy (non-hydrogen) atoms. The van der Waals surface area contributed by atoms with E-state index in [1.54, 1.807) is 0 Å². The van der Waals surface area contributed by atoms with Gasteiger partial charge in [0.25, 0.3) is 0 Å². The third kappa shape index (κ3) is 3.51. The van der Waals surface area contributed by atoms with Crippen LogP contribution in [-0.4, -0.2) is 35.6 Å². The van der Waals surface area contributed by atoms with Gasteiger partial charge in [-0.2, -0.15) is 0 Å². The molecule has 0 radical (unpaired) electrons. The number of rotatable bonds is 6. The number of hydrogen-bond acceptors (Lipinski definition) is 2. The van der Waals surface area contributed by atoms with Crippen molar-refractivity contribution in [1.82, 2.24) is 14.8 Å². The lowest BCUT2D eigenvalue weighted by molar-refractivity contribution is 0.0984. The second kappa shape index (κ2) is 6.97. The zero-order valence-electron chi connectivity index (χ0n) is 14.6. The summed E-state index contributed by atoms with van der Waals surface area (Å²) in [4.78, 5) is 2.45. The molecular formula is C18H33N3. The summed E-state index contributed by atoms with van der Waals surface area (Å²) >= 11 is 0. The van der Waals surface area contributed by atoms with E-state index in [-0.39, 0.29) is 0 Å². The van der Waals surface area contributed by atoms with Crippen LogP contribution in [0.1, 0.15) is 56.0 Å². The van der Waals surface area contributed by atoms with E-state index >= 15 is 0 Å². The second-order valence-electron chi connectivity index (χ2n) is 6.92. The van der Waals surface area contributed by atoms with Gasteiger partial charge in [-0.3, -0.25) is 0 Å². The Morgan fingerprint density at radius 3 is 2.38 bits per heavy atom. The van der Waals surface area contributed by atoms with Crippen LogP contribution in [0.3, 0.4) is 0 Å². The normalized spacial score (nSPS) is 18.4. The molecule has 1 N–H and O–H groups in total.